The molecule has 0 amide bonds. The molecule has 4 nitrogen and oxygen atoms in total. The number of nitrogens with zero attached hydrogens (tertiary/aromatic N) is 1. The molecule has 0 saturated heterocycles. The zero-order valence-corrected chi connectivity index (χ0v) is 11.4. The van der Waals surface area contributed by atoms with Gasteiger partial charge in [-0.25, -0.2) is 9.37 Å². The summed E-state index contributed by atoms with van der Waals surface area (Å²) in [6.45, 7) is 1.81. The largest absolute Gasteiger partial charge is 0.469 e. The fourth-order valence-electron chi connectivity index (χ4n) is 1.56. The van der Waals surface area contributed by atoms with E-state index >= 15 is 0 Å². The van der Waals surface area contributed by atoms with Gasteiger partial charge in [-0.2, -0.15) is 0 Å². The van der Waals surface area contributed by atoms with Crippen molar-refractivity contribution in [3.05, 3.63) is 40.7 Å². The first-order valence-electron chi connectivity index (χ1n) is 5.63. The van der Waals surface area contributed by atoms with Crippen LogP contribution in [-0.2, 0) is 16.0 Å². The predicted octanol–water partition coefficient (Wildman–Crippen LogP) is 3.05. The number of carbonyl (C=O) groups is 1. The summed E-state index contributed by atoms with van der Waals surface area (Å²) in [6.07, 6.45) is 0.116. The van der Waals surface area contributed by atoms with E-state index in [2.05, 4.69) is 15.0 Å². The van der Waals surface area contributed by atoms with Crippen molar-refractivity contribution < 1.29 is 13.9 Å². The van der Waals surface area contributed by atoms with Gasteiger partial charge in [0, 0.05) is 5.38 Å². The van der Waals surface area contributed by atoms with Crippen LogP contribution in [0.2, 0.25) is 0 Å². The Labute approximate surface area is 114 Å². The Morgan fingerprint density at radius 3 is 3.00 bits per heavy atom. The van der Waals surface area contributed by atoms with Gasteiger partial charge in [-0.1, -0.05) is 12.1 Å². The first-order chi connectivity index (χ1) is 9.10. The van der Waals surface area contributed by atoms with Gasteiger partial charge in [-0.3, -0.25) is 4.79 Å². The predicted molar refractivity (Wildman–Crippen MR) is 72.3 cm³/mol. The molecule has 6 heteroatoms. The van der Waals surface area contributed by atoms with Crippen molar-refractivity contribution in [2.24, 2.45) is 0 Å². The Kier molecular flexibility index (Phi) is 4.11. The quantitative estimate of drug-likeness (QED) is 0.875. The van der Waals surface area contributed by atoms with Crippen LogP contribution in [0.15, 0.2) is 23.6 Å². The van der Waals surface area contributed by atoms with E-state index in [0.717, 1.165) is 5.56 Å². The third-order valence-corrected chi connectivity index (χ3v) is 3.37. The van der Waals surface area contributed by atoms with Crippen molar-refractivity contribution in [2.75, 3.05) is 12.4 Å². The Morgan fingerprint density at radius 1 is 1.53 bits per heavy atom. The summed E-state index contributed by atoms with van der Waals surface area (Å²) >= 11 is 1.32. The van der Waals surface area contributed by atoms with E-state index in [4.69, 9.17) is 0 Å². The number of methoxy groups -OCH3 is 1. The molecular weight excluding hydrogens is 267 g/mol. The van der Waals surface area contributed by atoms with Gasteiger partial charge >= 0.3 is 5.97 Å². The molecule has 2 aromatic rings. The summed E-state index contributed by atoms with van der Waals surface area (Å²) in [5.41, 5.74) is 1.81. The lowest BCUT2D eigenvalue weighted by molar-refractivity contribution is -0.139. The summed E-state index contributed by atoms with van der Waals surface area (Å²) in [4.78, 5) is 15.3. The van der Waals surface area contributed by atoms with Crippen LogP contribution < -0.4 is 5.32 Å². The lowest BCUT2D eigenvalue weighted by Gasteiger charge is -2.07. The van der Waals surface area contributed by atoms with Gasteiger partial charge in [0.05, 0.1) is 24.9 Å². The fourth-order valence-corrected chi connectivity index (χ4v) is 2.28. The van der Waals surface area contributed by atoms with Crippen molar-refractivity contribution in [3.63, 3.8) is 0 Å². The molecule has 2 rings (SSSR count). The highest BCUT2D eigenvalue weighted by atomic mass is 32.1. The molecule has 0 saturated carbocycles. The number of rotatable bonds is 4. The number of halogens is 1. The Hall–Kier alpha value is -1.95. The van der Waals surface area contributed by atoms with Crippen molar-refractivity contribution in [2.45, 2.75) is 13.3 Å². The summed E-state index contributed by atoms with van der Waals surface area (Å²) < 4.78 is 18.2. The van der Waals surface area contributed by atoms with Crippen LogP contribution in [0.3, 0.4) is 0 Å². The second kappa shape index (κ2) is 5.79. The number of ether oxygens (including phenoxy) is 1. The second-order valence-electron chi connectivity index (χ2n) is 3.95. The zero-order chi connectivity index (χ0) is 13.8. The molecular formula is C13H13FN2O2S. The highest BCUT2D eigenvalue weighted by molar-refractivity contribution is 7.13. The van der Waals surface area contributed by atoms with Crippen molar-refractivity contribution in [3.8, 4) is 0 Å². The first-order valence-corrected chi connectivity index (χ1v) is 6.51. The van der Waals surface area contributed by atoms with Gasteiger partial charge in [0.1, 0.15) is 5.82 Å². The average Bonchev–Trinajstić information content (AvgIpc) is 2.81. The molecule has 1 heterocycles. The number of aryl methyl sites for hydroxylation is 1. The highest BCUT2D eigenvalue weighted by Gasteiger charge is 2.10. The van der Waals surface area contributed by atoms with E-state index in [-0.39, 0.29) is 18.2 Å². The fraction of sp³-hybridized carbons (Fsp3) is 0.231. The normalized spacial score (nSPS) is 10.3. The second-order valence-corrected chi connectivity index (χ2v) is 4.81. The number of nitrogens with one attached hydrogen (secondary N) is 1. The molecule has 0 spiro atoms. The number of para-hydroxylation sites is 1. The third-order valence-electron chi connectivity index (χ3n) is 2.56. The molecule has 19 heavy (non-hydrogen) atoms. The maximum atomic E-state index is 13.6. The molecule has 0 aliphatic carbocycles. The lowest BCUT2D eigenvalue weighted by atomic mass is 10.2. The summed E-state index contributed by atoms with van der Waals surface area (Å²) in [5.74, 6) is -0.677. The number of anilines is 2. The topological polar surface area (TPSA) is 51.2 Å². The minimum Gasteiger partial charge on any atom is -0.469 e. The third kappa shape index (κ3) is 3.29. The van der Waals surface area contributed by atoms with Gasteiger partial charge in [-0.05, 0) is 18.6 Å². The highest BCUT2D eigenvalue weighted by Crippen LogP contribution is 2.26. The Balaban J connectivity index is 2.14. The smallest absolute Gasteiger partial charge is 0.311 e. The van der Waals surface area contributed by atoms with Crippen LogP contribution in [-0.4, -0.2) is 18.1 Å². The summed E-state index contributed by atoms with van der Waals surface area (Å²) in [5, 5.41) is 5.23. The minimum absolute atomic E-state index is 0.116. The molecule has 0 radical (unpaired) electrons. The number of hydrogen-bond acceptors (Lipinski definition) is 5. The molecule has 100 valence electrons. The molecule has 0 aliphatic heterocycles. The van der Waals surface area contributed by atoms with Crippen LogP contribution in [0.25, 0.3) is 0 Å². The number of aromatic nitrogens is 1. The maximum Gasteiger partial charge on any atom is 0.311 e. The van der Waals surface area contributed by atoms with E-state index in [9.17, 15) is 9.18 Å². The number of benzene rings is 1. The molecule has 0 aliphatic rings. The van der Waals surface area contributed by atoms with Crippen LogP contribution in [0.1, 0.15) is 11.3 Å². The van der Waals surface area contributed by atoms with Crippen molar-refractivity contribution >= 4 is 28.1 Å². The SMILES string of the molecule is COC(=O)Cc1csc(Nc2c(C)cccc2F)n1. The number of esters is 1. The Bertz CT molecular complexity index is 578. The molecule has 1 N–H and O–H groups in total. The Morgan fingerprint density at radius 2 is 2.32 bits per heavy atom. The average molecular weight is 280 g/mol. The van der Waals surface area contributed by atoms with Crippen LogP contribution in [0.5, 0.6) is 0 Å². The van der Waals surface area contributed by atoms with Gasteiger partial charge in [0.15, 0.2) is 5.13 Å². The first kappa shape index (κ1) is 13.5. The lowest BCUT2D eigenvalue weighted by Crippen LogP contribution is -2.04. The van der Waals surface area contributed by atoms with Crippen LogP contribution >= 0.6 is 11.3 Å². The van der Waals surface area contributed by atoms with E-state index in [1.54, 1.807) is 11.4 Å². The minimum atomic E-state index is -0.348. The van der Waals surface area contributed by atoms with Gasteiger partial charge in [-0.15, -0.1) is 11.3 Å². The van der Waals surface area contributed by atoms with E-state index in [0.29, 0.717) is 16.5 Å². The van der Waals surface area contributed by atoms with Gasteiger partial charge < -0.3 is 10.1 Å². The molecule has 0 fully saturated rings. The number of hydrogen-bond donors (Lipinski definition) is 1. The van der Waals surface area contributed by atoms with Gasteiger partial charge in [0.2, 0.25) is 0 Å². The van der Waals surface area contributed by atoms with Crippen LogP contribution in [0.4, 0.5) is 15.2 Å². The monoisotopic (exact) mass is 280 g/mol. The van der Waals surface area contributed by atoms with E-state index in [1.165, 1.54) is 24.5 Å². The molecule has 0 bridgehead atoms. The number of thiazole rings is 1. The van der Waals surface area contributed by atoms with Gasteiger partial charge in [0.25, 0.3) is 0 Å². The van der Waals surface area contributed by atoms with Crippen LogP contribution in [0, 0.1) is 12.7 Å². The zero-order valence-electron chi connectivity index (χ0n) is 10.6. The molecule has 0 unspecified atom stereocenters. The standard InChI is InChI=1S/C13H13FN2O2S/c1-8-4-3-5-10(14)12(8)16-13-15-9(7-19-13)6-11(17)18-2/h3-5,7H,6H2,1-2H3,(H,15,16). The van der Waals surface area contributed by atoms with Crippen molar-refractivity contribution in [1.29, 1.82) is 0 Å². The van der Waals surface area contributed by atoms with Crippen molar-refractivity contribution in [1.82, 2.24) is 4.98 Å². The number of carbonyl (C=O) groups excluding carboxylic acids is 1. The molecule has 1 aromatic carbocycles. The molecule has 0 atom stereocenters. The summed E-state index contributed by atoms with van der Waals surface area (Å²) in [7, 11) is 1.33. The maximum absolute atomic E-state index is 13.6. The summed E-state index contributed by atoms with van der Waals surface area (Å²) in [6, 6.07) is 4.85. The van der Waals surface area contributed by atoms with E-state index in [1.807, 2.05) is 13.0 Å². The molecule has 1 aromatic heterocycles. The van der Waals surface area contributed by atoms with E-state index < -0.39 is 0 Å².